The Balaban J connectivity index is 2.24. The van der Waals surface area contributed by atoms with E-state index in [1.165, 1.54) is 4.90 Å². The van der Waals surface area contributed by atoms with Crippen LogP contribution in [-0.4, -0.2) is 34.1 Å². The number of hydrogen-bond acceptors (Lipinski definition) is 3. The van der Waals surface area contributed by atoms with Gasteiger partial charge in [0.05, 0.1) is 6.61 Å². The lowest BCUT2D eigenvalue weighted by molar-refractivity contribution is -0.134. The number of carbonyl (C=O) groups is 2. The van der Waals surface area contributed by atoms with E-state index in [1.54, 1.807) is 0 Å². The molecule has 0 atom stereocenters. The van der Waals surface area contributed by atoms with Crippen LogP contribution >= 0.6 is 0 Å². The van der Waals surface area contributed by atoms with E-state index in [0.717, 1.165) is 5.56 Å². The summed E-state index contributed by atoms with van der Waals surface area (Å²) in [5.74, 6) is -0.254. The zero-order valence-corrected chi connectivity index (χ0v) is 13.3. The number of nitrogens with zero attached hydrogens (tertiary/aromatic N) is 1. The third kappa shape index (κ3) is 6.58. The lowest BCUT2D eigenvalue weighted by atomic mass is 10.1. The first kappa shape index (κ1) is 18.0. The Morgan fingerprint density at radius 3 is 2.41 bits per heavy atom. The number of hydrogen-bond donors (Lipinski definition) is 2. The first-order valence-corrected chi connectivity index (χ1v) is 7.26. The Morgan fingerprint density at radius 2 is 1.86 bits per heavy atom. The van der Waals surface area contributed by atoms with Crippen LogP contribution in [0.1, 0.15) is 39.2 Å². The first-order chi connectivity index (χ1) is 10.3. The average molecular weight is 308 g/mol. The standard InChI is InChI=1S/C16H24N2O4/c1-16(2,3)18(15(20)21)11-7-10-14(19)17-22-12-13-8-5-4-6-9-13/h4-6,8-9H,7,10-12H2,1-3H3,(H,17,19)(H,20,21). The van der Waals surface area contributed by atoms with E-state index in [-0.39, 0.29) is 12.3 Å². The summed E-state index contributed by atoms with van der Waals surface area (Å²) in [6, 6.07) is 9.51. The molecule has 0 bridgehead atoms. The van der Waals surface area contributed by atoms with Crippen LogP contribution in [0.4, 0.5) is 4.79 Å². The number of carboxylic acid groups (broad SMARTS) is 1. The van der Waals surface area contributed by atoms with Gasteiger partial charge in [-0.15, -0.1) is 0 Å². The Labute approximate surface area is 131 Å². The van der Waals surface area contributed by atoms with Crippen molar-refractivity contribution in [3.05, 3.63) is 35.9 Å². The monoisotopic (exact) mass is 308 g/mol. The fourth-order valence-electron chi connectivity index (χ4n) is 1.94. The van der Waals surface area contributed by atoms with E-state index in [2.05, 4.69) is 5.48 Å². The van der Waals surface area contributed by atoms with Crippen molar-refractivity contribution in [2.75, 3.05) is 6.54 Å². The number of amides is 2. The fraction of sp³-hybridized carbons (Fsp3) is 0.500. The van der Waals surface area contributed by atoms with Crippen LogP contribution in [0.5, 0.6) is 0 Å². The van der Waals surface area contributed by atoms with Gasteiger partial charge in [-0.25, -0.2) is 10.3 Å². The van der Waals surface area contributed by atoms with Crippen LogP contribution in [0.2, 0.25) is 0 Å². The fourth-order valence-corrected chi connectivity index (χ4v) is 1.94. The SMILES string of the molecule is CC(C)(C)N(CCCC(=O)NOCc1ccccc1)C(=O)O. The molecule has 122 valence electrons. The number of benzene rings is 1. The van der Waals surface area contributed by atoms with Gasteiger partial charge in [0, 0.05) is 18.5 Å². The van der Waals surface area contributed by atoms with Crippen LogP contribution in [0.15, 0.2) is 30.3 Å². The van der Waals surface area contributed by atoms with Crippen LogP contribution < -0.4 is 5.48 Å². The Bertz CT molecular complexity index is 483. The highest BCUT2D eigenvalue weighted by atomic mass is 16.6. The first-order valence-electron chi connectivity index (χ1n) is 7.26. The van der Waals surface area contributed by atoms with Crippen molar-refractivity contribution in [2.24, 2.45) is 0 Å². The maximum Gasteiger partial charge on any atom is 0.407 e. The van der Waals surface area contributed by atoms with Crippen LogP contribution in [0.3, 0.4) is 0 Å². The molecule has 0 aliphatic rings. The van der Waals surface area contributed by atoms with Gasteiger partial charge in [-0.1, -0.05) is 30.3 Å². The van der Waals surface area contributed by atoms with Crippen molar-refractivity contribution in [3.8, 4) is 0 Å². The van der Waals surface area contributed by atoms with Gasteiger partial charge >= 0.3 is 6.09 Å². The average Bonchev–Trinajstić information content (AvgIpc) is 2.43. The zero-order chi connectivity index (χ0) is 16.6. The van der Waals surface area contributed by atoms with E-state index < -0.39 is 11.6 Å². The second kappa shape index (κ2) is 8.38. The molecule has 1 rings (SSSR count). The van der Waals surface area contributed by atoms with E-state index in [9.17, 15) is 9.59 Å². The van der Waals surface area contributed by atoms with Gasteiger partial charge in [0.1, 0.15) is 0 Å². The largest absolute Gasteiger partial charge is 0.465 e. The highest BCUT2D eigenvalue weighted by molar-refractivity contribution is 5.74. The molecule has 0 aliphatic heterocycles. The molecule has 0 saturated carbocycles. The topological polar surface area (TPSA) is 78.9 Å². The Kier molecular flexibility index (Phi) is 6.85. The predicted octanol–water partition coefficient (Wildman–Crippen LogP) is 2.79. The minimum atomic E-state index is -0.978. The zero-order valence-electron chi connectivity index (χ0n) is 13.3. The van der Waals surface area contributed by atoms with Gasteiger partial charge in [-0.05, 0) is 32.8 Å². The minimum absolute atomic E-state index is 0.217. The molecule has 22 heavy (non-hydrogen) atoms. The number of nitrogens with one attached hydrogen (secondary N) is 1. The molecule has 0 saturated heterocycles. The maximum atomic E-state index is 11.6. The van der Waals surface area contributed by atoms with E-state index >= 15 is 0 Å². The van der Waals surface area contributed by atoms with Crippen molar-refractivity contribution in [2.45, 2.75) is 45.8 Å². The van der Waals surface area contributed by atoms with Crippen LogP contribution in [0, 0.1) is 0 Å². The summed E-state index contributed by atoms with van der Waals surface area (Å²) in [4.78, 5) is 29.2. The third-order valence-corrected chi connectivity index (χ3v) is 3.09. The summed E-state index contributed by atoms with van der Waals surface area (Å²) in [5, 5.41) is 9.14. The molecule has 0 aliphatic carbocycles. The van der Waals surface area contributed by atoms with Gasteiger partial charge < -0.3 is 10.0 Å². The van der Waals surface area contributed by atoms with E-state index in [4.69, 9.17) is 9.94 Å². The molecule has 0 heterocycles. The molecule has 0 aromatic heterocycles. The number of rotatable bonds is 7. The van der Waals surface area contributed by atoms with Crippen molar-refractivity contribution < 1.29 is 19.5 Å². The summed E-state index contributed by atoms with van der Waals surface area (Å²) in [6.07, 6.45) is -0.313. The van der Waals surface area contributed by atoms with Gasteiger partial charge in [0.25, 0.3) is 0 Å². The summed E-state index contributed by atoms with van der Waals surface area (Å²) < 4.78 is 0. The van der Waals surface area contributed by atoms with Crippen molar-refractivity contribution in [1.29, 1.82) is 0 Å². The molecule has 0 spiro atoms. The molecule has 6 nitrogen and oxygen atoms in total. The van der Waals surface area contributed by atoms with Gasteiger partial charge in [-0.2, -0.15) is 0 Å². The molecule has 0 fully saturated rings. The molecular weight excluding hydrogens is 284 g/mol. The molecule has 0 radical (unpaired) electrons. The van der Waals surface area contributed by atoms with Gasteiger partial charge in [-0.3, -0.25) is 9.63 Å². The van der Waals surface area contributed by atoms with E-state index in [1.807, 2.05) is 51.1 Å². The van der Waals surface area contributed by atoms with Crippen LogP contribution in [-0.2, 0) is 16.2 Å². The smallest absolute Gasteiger partial charge is 0.407 e. The van der Waals surface area contributed by atoms with Crippen molar-refractivity contribution in [3.63, 3.8) is 0 Å². The second-order valence-corrected chi connectivity index (χ2v) is 6.01. The normalized spacial score (nSPS) is 11.0. The summed E-state index contributed by atoms with van der Waals surface area (Å²) in [5.41, 5.74) is 2.85. The summed E-state index contributed by atoms with van der Waals surface area (Å²) in [6.45, 7) is 6.08. The highest BCUT2D eigenvalue weighted by Crippen LogP contribution is 2.14. The van der Waals surface area contributed by atoms with Crippen molar-refractivity contribution in [1.82, 2.24) is 10.4 Å². The molecule has 0 unspecified atom stereocenters. The quantitative estimate of drug-likeness (QED) is 0.759. The number of carbonyl (C=O) groups excluding carboxylic acids is 1. The molecule has 1 aromatic rings. The van der Waals surface area contributed by atoms with Crippen LogP contribution in [0.25, 0.3) is 0 Å². The van der Waals surface area contributed by atoms with E-state index in [0.29, 0.717) is 19.6 Å². The summed E-state index contributed by atoms with van der Waals surface area (Å²) >= 11 is 0. The minimum Gasteiger partial charge on any atom is -0.465 e. The Morgan fingerprint density at radius 1 is 1.23 bits per heavy atom. The van der Waals surface area contributed by atoms with Gasteiger partial charge in [0.15, 0.2) is 0 Å². The molecule has 2 amide bonds. The predicted molar refractivity (Wildman–Crippen MR) is 83.1 cm³/mol. The van der Waals surface area contributed by atoms with Crippen molar-refractivity contribution >= 4 is 12.0 Å². The highest BCUT2D eigenvalue weighted by Gasteiger charge is 2.25. The lowest BCUT2D eigenvalue weighted by Gasteiger charge is -2.33. The molecule has 1 aromatic carbocycles. The number of hydroxylamine groups is 1. The van der Waals surface area contributed by atoms with Gasteiger partial charge in [0.2, 0.25) is 5.91 Å². The molecule has 6 heteroatoms. The molecular formula is C16H24N2O4. The summed E-state index contributed by atoms with van der Waals surface area (Å²) in [7, 11) is 0. The third-order valence-electron chi connectivity index (χ3n) is 3.09. The Hall–Kier alpha value is -2.08. The molecule has 2 N–H and O–H groups in total. The lowest BCUT2D eigenvalue weighted by Crippen LogP contribution is -2.45. The second-order valence-electron chi connectivity index (χ2n) is 6.01. The maximum absolute atomic E-state index is 11.6.